The van der Waals surface area contributed by atoms with E-state index in [0.717, 1.165) is 0 Å². The zero-order chi connectivity index (χ0) is 5.28. The molecule has 1 heterocycles. The fourth-order valence-electron chi connectivity index (χ4n) is 0.337. The summed E-state index contributed by atoms with van der Waals surface area (Å²) in [4.78, 5) is 10.4. The van der Waals surface area contributed by atoms with Gasteiger partial charge in [0, 0.05) is 56.2 Å². The normalized spacial score (nSPS) is 8.12. The van der Waals surface area contributed by atoms with E-state index in [2.05, 4.69) is 0 Å². The summed E-state index contributed by atoms with van der Waals surface area (Å²) in [6, 6.07) is 1.55. The molecule has 1 rings (SSSR count). The third kappa shape index (κ3) is 1.90. The van der Waals surface area contributed by atoms with Crippen molar-refractivity contribution in [2.75, 3.05) is 0 Å². The van der Waals surface area contributed by atoms with Crippen LogP contribution in [0.5, 0.6) is 0 Å². The van der Waals surface area contributed by atoms with E-state index < -0.39 is 0 Å². The Hall–Kier alpha value is 0.690. The molecule has 0 unspecified atom stereocenters. The first-order valence-electron chi connectivity index (χ1n) is 1.92. The molecule has 1 aromatic heterocycles. The summed E-state index contributed by atoms with van der Waals surface area (Å²) >= 11 is 1.41. The fraction of sp³-hybridized carbons (Fsp3) is 0.250. The molecule has 0 saturated carbocycles. The summed E-state index contributed by atoms with van der Waals surface area (Å²) in [5.74, 6) is 0. The van der Waals surface area contributed by atoms with E-state index in [9.17, 15) is 4.79 Å². The van der Waals surface area contributed by atoms with Crippen LogP contribution in [0.3, 0.4) is 0 Å². The zero-order valence-electron chi connectivity index (χ0n) is 4.63. The van der Waals surface area contributed by atoms with Crippen molar-refractivity contribution in [2.45, 2.75) is 0 Å². The van der Waals surface area contributed by atoms with Crippen LogP contribution in [0.25, 0.3) is 0 Å². The second-order valence-corrected chi connectivity index (χ2v) is 2.27. The molecule has 0 saturated heterocycles. The Morgan fingerprint density at radius 3 is 2.50 bits per heavy atom. The van der Waals surface area contributed by atoms with Gasteiger partial charge in [-0.05, 0) is 0 Å². The molecule has 0 bridgehead atoms. The topological polar surface area (TPSA) is 22.0 Å². The molecule has 0 N–H and O–H groups in total. The standard InChI is InChI=1S/C4H5NOS.Ca/c1-5-4(6)2-3-7-5;/h2-3H,1H3;. The monoisotopic (exact) mass is 155 g/mol. The van der Waals surface area contributed by atoms with Gasteiger partial charge >= 0.3 is 0 Å². The zero-order valence-corrected chi connectivity index (χ0v) is 7.65. The Morgan fingerprint density at radius 1 is 1.75 bits per heavy atom. The average Bonchev–Trinajstić information content (AvgIpc) is 1.91. The molecular weight excluding hydrogens is 150 g/mol. The largest absolute Gasteiger partial charge is 0.268 e. The number of hydrogen-bond acceptors (Lipinski definition) is 2. The molecule has 0 aromatic carbocycles. The van der Waals surface area contributed by atoms with Crippen LogP contribution in [0.4, 0.5) is 0 Å². The second kappa shape index (κ2) is 3.67. The summed E-state index contributed by atoms with van der Waals surface area (Å²) in [5, 5.41) is 1.77. The third-order valence-corrected chi connectivity index (χ3v) is 1.49. The maximum atomic E-state index is 10.4. The van der Waals surface area contributed by atoms with Gasteiger partial charge in [0.1, 0.15) is 0 Å². The molecule has 0 aliphatic rings. The predicted octanol–water partition coefficient (Wildman–Crippen LogP) is 0.0660. The molecule has 0 aliphatic heterocycles. The Balaban J connectivity index is 0.000000490. The van der Waals surface area contributed by atoms with E-state index in [1.807, 2.05) is 0 Å². The van der Waals surface area contributed by atoms with Crippen molar-refractivity contribution in [1.29, 1.82) is 0 Å². The smallest absolute Gasteiger partial charge is 0.260 e. The van der Waals surface area contributed by atoms with Crippen molar-refractivity contribution in [1.82, 2.24) is 3.96 Å². The molecule has 0 amide bonds. The van der Waals surface area contributed by atoms with Crippen LogP contribution in [-0.2, 0) is 7.05 Å². The van der Waals surface area contributed by atoms with Gasteiger partial charge in [0.05, 0.1) is 0 Å². The first-order valence-corrected chi connectivity index (χ1v) is 2.75. The van der Waals surface area contributed by atoms with Gasteiger partial charge in [-0.15, -0.1) is 0 Å². The van der Waals surface area contributed by atoms with E-state index in [1.165, 1.54) is 11.5 Å². The van der Waals surface area contributed by atoms with Gasteiger partial charge in [-0.25, -0.2) is 0 Å². The van der Waals surface area contributed by atoms with Crippen LogP contribution < -0.4 is 5.56 Å². The summed E-state index contributed by atoms with van der Waals surface area (Å²) < 4.78 is 1.57. The van der Waals surface area contributed by atoms with Crippen LogP contribution in [0.15, 0.2) is 16.2 Å². The number of aryl methyl sites for hydroxylation is 1. The number of aromatic nitrogens is 1. The molecule has 2 nitrogen and oxygen atoms in total. The quantitative estimate of drug-likeness (QED) is 0.486. The maximum Gasteiger partial charge on any atom is 0.260 e. The van der Waals surface area contributed by atoms with E-state index in [1.54, 1.807) is 22.5 Å². The molecule has 0 aliphatic carbocycles. The molecule has 1 aromatic rings. The van der Waals surface area contributed by atoms with Crippen molar-refractivity contribution in [2.24, 2.45) is 7.05 Å². The van der Waals surface area contributed by atoms with Gasteiger partial charge in [0.25, 0.3) is 5.56 Å². The third-order valence-electron chi connectivity index (χ3n) is 0.740. The van der Waals surface area contributed by atoms with Gasteiger partial charge < -0.3 is 0 Å². The first-order chi connectivity index (χ1) is 3.30. The fourth-order valence-corrected chi connectivity index (χ4v) is 0.861. The summed E-state index contributed by atoms with van der Waals surface area (Å²) in [6.45, 7) is 0. The Morgan fingerprint density at radius 2 is 2.38 bits per heavy atom. The molecule has 40 valence electrons. The summed E-state index contributed by atoms with van der Waals surface area (Å²) in [6.07, 6.45) is 0. The Kier molecular flexibility index (Phi) is 3.98. The van der Waals surface area contributed by atoms with Gasteiger partial charge in [0.15, 0.2) is 0 Å². The SMILES string of the molecule is Cn1sccc1=O.[Ca]. The second-order valence-electron chi connectivity index (χ2n) is 1.24. The van der Waals surface area contributed by atoms with Crippen LogP contribution in [0.2, 0.25) is 0 Å². The van der Waals surface area contributed by atoms with E-state index in [4.69, 9.17) is 0 Å². The van der Waals surface area contributed by atoms with Crippen LogP contribution in [0.1, 0.15) is 0 Å². The summed E-state index contributed by atoms with van der Waals surface area (Å²) in [5.41, 5.74) is 0.0741. The van der Waals surface area contributed by atoms with Gasteiger partial charge in [-0.3, -0.25) is 8.75 Å². The molecule has 0 fully saturated rings. The van der Waals surface area contributed by atoms with Crippen molar-refractivity contribution >= 4 is 49.3 Å². The minimum Gasteiger partial charge on any atom is -0.268 e. The maximum absolute atomic E-state index is 10.4. The predicted molar refractivity (Wildman–Crippen MR) is 35.3 cm³/mol. The van der Waals surface area contributed by atoms with Crippen LogP contribution >= 0.6 is 11.5 Å². The van der Waals surface area contributed by atoms with E-state index in [-0.39, 0.29) is 43.3 Å². The molecule has 2 radical (unpaired) electrons. The van der Waals surface area contributed by atoms with E-state index in [0.29, 0.717) is 0 Å². The molecule has 4 heteroatoms. The van der Waals surface area contributed by atoms with E-state index >= 15 is 0 Å². The first kappa shape index (κ1) is 8.69. The minimum atomic E-state index is 0. The molecular formula is C4H5CaNOS. The van der Waals surface area contributed by atoms with Crippen LogP contribution in [-0.4, -0.2) is 41.7 Å². The number of nitrogens with zero attached hydrogens (tertiary/aromatic N) is 1. The van der Waals surface area contributed by atoms with Crippen molar-refractivity contribution < 1.29 is 0 Å². The molecule has 8 heavy (non-hydrogen) atoms. The minimum absolute atomic E-state index is 0. The van der Waals surface area contributed by atoms with Gasteiger partial charge in [-0.1, -0.05) is 11.5 Å². The van der Waals surface area contributed by atoms with Gasteiger partial charge in [0.2, 0.25) is 0 Å². The van der Waals surface area contributed by atoms with Crippen molar-refractivity contribution in [3.8, 4) is 0 Å². The van der Waals surface area contributed by atoms with Crippen LogP contribution in [0, 0.1) is 0 Å². The van der Waals surface area contributed by atoms with Gasteiger partial charge in [-0.2, -0.15) is 0 Å². The number of hydrogen-bond donors (Lipinski definition) is 0. The summed E-state index contributed by atoms with van der Waals surface area (Å²) in [7, 11) is 1.74. The molecule has 0 atom stereocenters. The number of rotatable bonds is 0. The van der Waals surface area contributed by atoms with Crippen molar-refractivity contribution in [3.05, 3.63) is 21.8 Å². The average molecular weight is 155 g/mol. The Labute approximate surface area is 81.3 Å². The van der Waals surface area contributed by atoms with Crippen molar-refractivity contribution in [3.63, 3.8) is 0 Å². The molecule has 0 spiro atoms. The Bertz CT molecular complexity index is 204.